The minimum atomic E-state index is 0.312. The summed E-state index contributed by atoms with van der Waals surface area (Å²) in [5.74, 6) is 0. The van der Waals surface area contributed by atoms with E-state index in [1.165, 1.54) is 0 Å². The molecule has 1 heterocycles. The van der Waals surface area contributed by atoms with Crippen LogP contribution in [0, 0.1) is 0 Å². The van der Waals surface area contributed by atoms with Crippen molar-refractivity contribution in [2.24, 2.45) is 5.11 Å². The first-order valence-electron chi connectivity index (χ1n) is 4.11. The number of rotatable bonds is 2. The number of hydrogen-bond acceptors (Lipinski definition) is 3. The van der Waals surface area contributed by atoms with Gasteiger partial charge in [-0.1, -0.05) is 17.2 Å². The molecule has 0 atom stereocenters. The molecule has 0 radical (unpaired) electrons. The van der Waals surface area contributed by atoms with Crippen molar-refractivity contribution in [3.63, 3.8) is 0 Å². The molecule has 2 rings (SSSR count). The molecular formula is C9H7N5. The van der Waals surface area contributed by atoms with Crippen molar-refractivity contribution >= 4 is 11.0 Å². The molecule has 0 saturated carbocycles. The van der Waals surface area contributed by atoms with E-state index in [-0.39, 0.29) is 0 Å². The largest absolute Gasteiger partial charge is 0.253 e. The zero-order valence-electron chi connectivity index (χ0n) is 7.33. The first kappa shape index (κ1) is 8.47. The van der Waals surface area contributed by atoms with Gasteiger partial charge in [0.2, 0.25) is 0 Å². The predicted molar refractivity (Wildman–Crippen MR) is 52.4 cm³/mol. The number of nitrogens with zero attached hydrogens (tertiary/aromatic N) is 5. The van der Waals surface area contributed by atoms with Gasteiger partial charge in [0.05, 0.1) is 17.6 Å². The van der Waals surface area contributed by atoms with Gasteiger partial charge in [-0.3, -0.25) is 9.97 Å². The van der Waals surface area contributed by atoms with Crippen LogP contribution in [0.3, 0.4) is 0 Å². The number of hydrogen-bond donors (Lipinski definition) is 0. The van der Waals surface area contributed by atoms with E-state index in [0.717, 1.165) is 16.6 Å². The van der Waals surface area contributed by atoms with Crippen molar-refractivity contribution in [2.75, 3.05) is 0 Å². The Kier molecular flexibility index (Phi) is 2.25. The molecule has 0 saturated heterocycles. The van der Waals surface area contributed by atoms with Gasteiger partial charge >= 0.3 is 0 Å². The summed E-state index contributed by atoms with van der Waals surface area (Å²) in [6.45, 7) is 0.312. The van der Waals surface area contributed by atoms with E-state index in [1.807, 2.05) is 18.2 Å². The summed E-state index contributed by atoms with van der Waals surface area (Å²) in [5.41, 5.74) is 10.7. The van der Waals surface area contributed by atoms with Crippen molar-refractivity contribution in [2.45, 2.75) is 6.54 Å². The van der Waals surface area contributed by atoms with Gasteiger partial charge in [0.15, 0.2) is 0 Å². The quantitative estimate of drug-likeness (QED) is 0.409. The molecule has 5 heteroatoms. The molecule has 0 aliphatic rings. The molecule has 0 fully saturated rings. The molecule has 0 amide bonds. The van der Waals surface area contributed by atoms with Crippen LogP contribution in [-0.2, 0) is 6.54 Å². The summed E-state index contributed by atoms with van der Waals surface area (Å²) in [6, 6.07) is 5.63. The molecule has 0 N–H and O–H groups in total. The normalized spacial score (nSPS) is 9.71. The third-order valence-corrected chi connectivity index (χ3v) is 1.89. The molecule has 68 valence electrons. The molecule has 0 bridgehead atoms. The van der Waals surface area contributed by atoms with Crippen LogP contribution in [0.1, 0.15) is 5.56 Å². The van der Waals surface area contributed by atoms with Gasteiger partial charge in [-0.15, -0.1) is 0 Å². The smallest absolute Gasteiger partial charge is 0.0919 e. The second-order valence-corrected chi connectivity index (χ2v) is 2.73. The predicted octanol–water partition coefficient (Wildman–Crippen LogP) is 2.44. The summed E-state index contributed by atoms with van der Waals surface area (Å²) in [6.07, 6.45) is 3.27. The molecule has 0 aliphatic heterocycles. The van der Waals surface area contributed by atoms with E-state index in [1.54, 1.807) is 12.4 Å². The molecule has 0 unspecified atom stereocenters. The van der Waals surface area contributed by atoms with Crippen LogP contribution < -0.4 is 0 Å². The lowest BCUT2D eigenvalue weighted by Crippen LogP contribution is -1.88. The van der Waals surface area contributed by atoms with Crippen molar-refractivity contribution in [3.05, 3.63) is 46.6 Å². The molecule has 1 aromatic carbocycles. The highest BCUT2D eigenvalue weighted by Gasteiger charge is 2.00. The highest BCUT2D eigenvalue weighted by Crippen LogP contribution is 2.14. The topological polar surface area (TPSA) is 74.5 Å². The Morgan fingerprint density at radius 1 is 1.29 bits per heavy atom. The number of azide groups is 1. The SMILES string of the molecule is [N-]=[N+]=NCc1cccc2nccnc12. The summed E-state index contributed by atoms with van der Waals surface area (Å²) in [7, 11) is 0. The standard InChI is InChI=1S/C9H7N5/c10-14-13-6-7-2-1-3-8-9(7)12-5-4-11-8/h1-5H,6H2. The van der Waals surface area contributed by atoms with E-state index in [2.05, 4.69) is 20.0 Å². The Morgan fingerprint density at radius 3 is 3.00 bits per heavy atom. The van der Waals surface area contributed by atoms with E-state index in [9.17, 15) is 0 Å². The second-order valence-electron chi connectivity index (χ2n) is 2.73. The fraction of sp³-hybridized carbons (Fsp3) is 0.111. The molecule has 0 aliphatic carbocycles. The second kappa shape index (κ2) is 3.72. The lowest BCUT2D eigenvalue weighted by molar-refractivity contribution is 1.05. The Balaban J connectivity index is 2.58. The molecule has 1 aromatic heterocycles. The Hall–Kier alpha value is -2.13. The van der Waals surface area contributed by atoms with Gasteiger partial charge in [-0.2, -0.15) is 0 Å². The zero-order valence-corrected chi connectivity index (χ0v) is 7.33. The van der Waals surface area contributed by atoms with Gasteiger partial charge in [0.1, 0.15) is 0 Å². The number of aromatic nitrogens is 2. The van der Waals surface area contributed by atoms with Gasteiger partial charge < -0.3 is 0 Å². The van der Waals surface area contributed by atoms with E-state index >= 15 is 0 Å². The van der Waals surface area contributed by atoms with Crippen molar-refractivity contribution in [1.29, 1.82) is 0 Å². The summed E-state index contributed by atoms with van der Waals surface area (Å²) < 4.78 is 0. The maximum absolute atomic E-state index is 8.22. The van der Waals surface area contributed by atoms with Gasteiger partial charge in [-0.05, 0) is 17.2 Å². The monoisotopic (exact) mass is 185 g/mol. The van der Waals surface area contributed by atoms with Crippen molar-refractivity contribution in [3.8, 4) is 0 Å². The minimum Gasteiger partial charge on any atom is -0.253 e. The van der Waals surface area contributed by atoms with Gasteiger partial charge in [0, 0.05) is 17.3 Å². The summed E-state index contributed by atoms with van der Waals surface area (Å²) in [4.78, 5) is 11.1. The minimum absolute atomic E-state index is 0.312. The molecule has 2 aromatic rings. The van der Waals surface area contributed by atoms with E-state index < -0.39 is 0 Å². The first-order chi connectivity index (χ1) is 6.92. The van der Waals surface area contributed by atoms with Crippen LogP contribution in [0.5, 0.6) is 0 Å². The summed E-state index contributed by atoms with van der Waals surface area (Å²) in [5, 5.41) is 3.50. The fourth-order valence-electron chi connectivity index (χ4n) is 1.29. The molecule has 5 nitrogen and oxygen atoms in total. The molecule has 0 spiro atoms. The van der Waals surface area contributed by atoms with Crippen LogP contribution in [0.4, 0.5) is 0 Å². The zero-order chi connectivity index (χ0) is 9.80. The van der Waals surface area contributed by atoms with Crippen LogP contribution in [0.2, 0.25) is 0 Å². The highest BCUT2D eigenvalue weighted by atomic mass is 15.1. The highest BCUT2D eigenvalue weighted by molar-refractivity contribution is 5.77. The van der Waals surface area contributed by atoms with Crippen LogP contribution in [-0.4, -0.2) is 9.97 Å². The maximum atomic E-state index is 8.22. The van der Waals surface area contributed by atoms with Crippen LogP contribution >= 0.6 is 0 Å². The van der Waals surface area contributed by atoms with Crippen molar-refractivity contribution < 1.29 is 0 Å². The van der Waals surface area contributed by atoms with E-state index in [0.29, 0.717) is 6.54 Å². The Bertz CT molecular complexity index is 496. The Labute approximate surface area is 80.1 Å². The lowest BCUT2D eigenvalue weighted by Gasteiger charge is -2.00. The fourth-order valence-corrected chi connectivity index (χ4v) is 1.29. The van der Waals surface area contributed by atoms with Crippen LogP contribution in [0.25, 0.3) is 21.5 Å². The third kappa shape index (κ3) is 1.48. The number of benzene rings is 1. The average molecular weight is 185 g/mol. The first-order valence-corrected chi connectivity index (χ1v) is 4.11. The van der Waals surface area contributed by atoms with E-state index in [4.69, 9.17) is 5.53 Å². The molecule has 14 heavy (non-hydrogen) atoms. The van der Waals surface area contributed by atoms with Gasteiger partial charge in [-0.25, -0.2) is 0 Å². The van der Waals surface area contributed by atoms with Gasteiger partial charge in [0.25, 0.3) is 0 Å². The number of fused-ring (bicyclic) bond motifs is 1. The third-order valence-electron chi connectivity index (χ3n) is 1.89. The van der Waals surface area contributed by atoms with Crippen molar-refractivity contribution in [1.82, 2.24) is 9.97 Å². The average Bonchev–Trinajstić information content (AvgIpc) is 2.26. The Morgan fingerprint density at radius 2 is 2.14 bits per heavy atom. The number of para-hydroxylation sites is 1. The maximum Gasteiger partial charge on any atom is 0.0919 e. The molecular weight excluding hydrogens is 178 g/mol. The summed E-state index contributed by atoms with van der Waals surface area (Å²) >= 11 is 0. The lowest BCUT2D eigenvalue weighted by atomic mass is 10.2. The van der Waals surface area contributed by atoms with Crippen LogP contribution in [0.15, 0.2) is 35.7 Å².